The highest BCUT2D eigenvalue weighted by atomic mass is 19.1. The predicted octanol–water partition coefficient (Wildman–Crippen LogP) is 6.05. The molecule has 6 rings (SSSR count). The van der Waals surface area contributed by atoms with Crippen molar-refractivity contribution >= 4 is 22.7 Å². The van der Waals surface area contributed by atoms with Gasteiger partial charge in [-0.05, 0) is 72.6 Å². The van der Waals surface area contributed by atoms with Crippen LogP contribution in [-0.4, -0.2) is 49.0 Å². The Balaban J connectivity index is 1.47. The number of ketones is 1. The number of carbonyl (C=O) groups excluding carboxylic acids is 2. The second-order valence-corrected chi connectivity index (χ2v) is 10.5. The number of hydrogen-bond acceptors (Lipinski definition) is 7. The van der Waals surface area contributed by atoms with Gasteiger partial charge in [0.15, 0.2) is 5.78 Å². The van der Waals surface area contributed by atoms with Crippen molar-refractivity contribution in [1.29, 1.82) is 0 Å². The molecule has 10 heteroatoms. The van der Waals surface area contributed by atoms with E-state index in [9.17, 15) is 14.0 Å². The Labute approximate surface area is 245 Å². The van der Waals surface area contributed by atoms with Crippen LogP contribution in [0.15, 0.2) is 71.4 Å². The number of carbonyl (C=O) groups is 2. The van der Waals surface area contributed by atoms with Crippen molar-refractivity contribution in [3.63, 3.8) is 0 Å². The number of hydrogen-bond donors (Lipinski definition) is 1. The number of amides is 1. The van der Waals surface area contributed by atoms with Gasteiger partial charge in [0, 0.05) is 37.0 Å². The van der Waals surface area contributed by atoms with Crippen LogP contribution in [-0.2, 0) is 10.2 Å². The van der Waals surface area contributed by atoms with Crippen molar-refractivity contribution in [2.24, 2.45) is 0 Å². The third-order valence-electron chi connectivity index (χ3n) is 7.79. The highest BCUT2D eigenvalue weighted by molar-refractivity contribution is 6.12. The molecule has 0 aliphatic carbocycles. The molecule has 218 valence electrons. The lowest BCUT2D eigenvalue weighted by molar-refractivity contribution is -0.0644. The van der Waals surface area contributed by atoms with E-state index in [-0.39, 0.29) is 45.6 Å². The number of rotatable bonds is 8. The number of nitrogens with zero attached hydrogens (tertiary/aromatic N) is 2. The number of Topliss-reactive ketones (excluding diaryl/α,β-unsaturated/α-hetero) is 1. The first kappa shape index (κ1) is 28.2. The molecule has 0 bridgehead atoms. The summed E-state index contributed by atoms with van der Waals surface area (Å²) in [7, 11) is 2.90. The summed E-state index contributed by atoms with van der Waals surface area (Å²) in [4.78, 5) is 35.5. The minimum absolute atomic E-state index is 0.0132. The van der Waals surface area contributed by atoms with Gasteiger partial charge in [0.25, 0.3) is 5.91 Å². The molecule has 43 heavy (non-hydrogen) atoms. The first-order valence-corrected chi connectivity index (χ1v) is 13.6. The third-order valence-corrected chi connectivity index (χ3v) is 7.79. The Morgan fingerprint density at radius 2 is 1.74 bits per heavy atom. The van der Waals surface area contributed by atoms with Gasteiger partial charge in [-0.25, -0.2) is 18.7 Å². The summed E-state index contributed by atoms with van der Waals surface area (Å²) in [5.74, 6) is -0.954. The number of furan rings is 1. The molecule has 3 heterocycles. The average molecular weight is 584 g/mol. The monoisotopic (exact) mass is 583 g/mol. The van der Waals surface area contributed by atoms with Crippen molar-refractivity contribution in [1.82, 2.24) is 15.3 Å². The maximum atomic E-state index is 16.5. The van der Waals surface area contributed by atoms with Crippen molar-refractivity contribution in [3.05, 3.63) is 101 Å². The van der Waals surface area contributed by atoms with Gasteiger partial charge >= 0.3 is 0 Å². The van der Waals surface area contributed by atoms with Gasteiger partial charge in [0.05, 0.1) is 42.3 Å². The van der Waals surface area contributed by atoms with Gasteiger partial charge in [-0.15, -0.1) is 0 Å². The number of fused-ring (bicyclic) bond motifs is 1. The second-order valence-electron chi connectivity index (χ2n) is 10.5. The largest absolute Gasteiger partial charge is 0.496 e. The van der Waals surface area contributed by atoms with Gasteiger partial charge in [-0.1, -0.05) is 0 Å². The molecule has 1 fully saturated rings. The van der Waals surface area contributed by atoms with E-state index in [0.717, 1.165) is 0 Å². The van der Waals surface area contributed by atoms with Crippen molar-refractivity contribution < 1.29 is 32.3 Å². The van der Waals surface area contributed by atoms with Crippen LogP contribution in [0.25, 0.3) is 33.4 Å². The number of aromatic nitrogens is 2. The Bertz CT molecular complexity index is 1870. The molecule has 5 aromatic rings. The summed E-state index contributed by atoms with van der Waals surface area (Å²) in [6.45, 7) is 2.39. The Morgan fingerprint density at radius 1 is 1.02 bits per heavy atom. The number of benzene rings is 3. The van der Waals surface area contributed by atoms with Crippen molar-refractivity contribution in [3.8, 4) is 28.2 Å². The zero-order chi connectivity index (χ0) is 30.3. The lowest BCUT2D eigenvalue weighted by Gasteiger charge is -2.39. The molecular weight excluding hydrogens is 556 g/mol. The first-order valence-electron chi connectivity index (χ1n) is 13.6. The normalized spacial score (nSPS) is 13.9. The molecule has 1 aliphatic heterocycles. The maximum Gasteiger partial charge on any atom is 0.255 e. The lowest BCUT2D eigenvalue weighted by Crippen LogP contribution is -2.49. The molecule has 2 aromatic heterocycles. The zero-order valence-electron chi connectivity index (χ0n) is 23.7. The van der Waals surface area contributed by atoms with Crippen LogP contribution in [0.1, 0.15) is 38.5 Å². The first-order chi connectivity index (χ1) is 20.8. The Kier molecular flexibility index (Phi) is 7.23. The van der Waals surface area contributed by atoms with Gasteiger partial charge in [-0.3, -0.25) is 9.59 Å². The summed E-state index contributed by atoms with van der Waals surface area (Å²) in [5.41, 5.74) is 1.43. The standard InChI is InChI=1S/C33H27F2N3O5/c1-18-13-26(41-3)23(24(39)15-33(16-42-17-33)32-37-11-4-12-38-32)14-22(18)21-9-10-25-27(29(21)35)28(31(40)36-2)30(43-25)19-5-7-20(34)8-6-19/h4-14H,15-17H2,1-3H3,(H,36,40). The number of halogens is 2. The van der Waals surface area contributed by atoms with Crippen molar-refractivity contribution in [2.45, 2.75) is 18.8 Å². The molecule has 0 saturated carbocycles. The minimum atomic E-state index is -0.693. The van der Waals surface area contributed by atoms with Gasteiger partial charge in [0.1, 0.15) is 34.6 Å². The molecule has 1 aliphatic rings. The topological polar surface area (TPSA) is 104 Å². The average Bonchev–Trinajstić information content (AvgIpc) is 3.40. The van der Waals surface area contributed by atoms with E-state index in [1.165, 1.54) is 38.4 Å². The number of methoxy groups -OCH3 is 1. The quantitative estimate of drug-likeness (QED) is 0.222. The molecule has 0 spiro atoms. The van der Waals surface area contributed by atoms with Gasteiger partial charge in [0.2, 0.25) is 0 Å². The summed E-state index contributed by atoms with van der Waals surface area (Å²) in [6.07, 6.45) is 3.32. The molecular formula is C33H27F2N3O5. The second kappa shape index (κ2) is 11.0. The maximum absolute atomic E-state index is 16.5. The highest BCUT2D eigenvalue weighted by Crippen LogP contribution is 2.41. The highest BCUT2D eigenvalue weighted by Gasteiger charge is 2.45. The van der Waals surface area contributed by atoms with E-state index >= 15 is 4.39 Å². The van der Waals surface area contributed by atoms with Crippen LogP contribution in [0.5, 0.6) is 5.75 Å². The molecule has 1 N–H and O–H groups in total. The van der Waals surface area contributed by atoms with E-state index in [0.29, 0.717) is 41.5 Å². The van der Waals surface area contributed by atoms with E-state index < -0.39 is 23.0 Å². The summed E-state index contributed by atoms with van der Waals surface area (Å²) >= 11 is 0. The molecule has 0 unspecified atom stereocenters. The smallest absolute Gasteiger partial charge is 0.255 e. The minimum Gasteiger partial charge on any atom is -0.496 e. The number of nitrogens with one attached hydrogen (secondary N) is 1. The fourth-order valence-corrected chi connectivity index (χ4v) is 5.50. The fraction of sp³-hybridized carbons (Fsp3) is 0.212. The number of ether oxygens (including phenoxy) is 2. The fourth-order valence-electron chi connectivity index (χ4n) is 5.50. The Hall–Kier alpha value is -4.96. The van der Waals surface area contributed by atoms with Crippen molar-refractivity contribution in [2.75, 3.05) is 27.4 Å². The molecule has 0 radical (unpaired) electrons. The van der Waals surface area contributed by atoms with Crippen LogP contribution < -0.4 is 10.1 Å². The summed E-state index contributed by atoms with van der Waals surface area (Å²) in [6, 6.07) is 13.5. The number of aryl methyl sites for hydroxylation is 1. The summed E-state index contributed by atoms with van der Waals surface area (Å²) in [5, 5.41) is 2.52. The van der Waals surface area contributed by atoms with E-state index in [2.05, 4.69) is 15.3 Å². The van der Waals surface area contributed by atoms with E-state index in [4.69, 9.17) is 13.9 Å². The van der Waals surface area contributed by atoms with Crippen LogP contribution in [0.4, 0.5) is 8.78 Å². The van der Waals surface area contributed by atoms with Gasteiger partial charge < -0.3 is 19.2 Å². The van der Waals surface area contributed by atoms with Gasteiger partial charge in [-0.2, -0.15) is 0 Å². The SMILES string of the molecule is CNC(=O)c1c(-c2ccc(F)cc2)oc2ccc(-c3cc(C(=O)CC4(c5ncccn5)COC4)c(OC)cc3C)c(F)c12. The molecule has 0 atom stereocenters. The molecule has 3 aromatic carbocycles. The van der Waals surface area contributed by atoms with Crippen LogP contribution >= 0.6 is 0 Å². The molecule has 1 amide bonds. The molecule has 1 saturated heterocycles. The zero-order valence-corrected chi connectivity index (χ0v) is 23.7. The predicted molar refractivity (Wildman–Crippen MR) is 155 cm³/mol. The lowest BCUT2D eigenvalue weighted by atomic mass is 9.78. The molecule has 8 nitrogen and oxygen atoms in total. The third kappa shape index (κ3) is 4.83. The van der Waals surface area contributed by atoms with E-state index in [1.807, 2.05) is 0 Å². The summed E-state index contributed by atoms with van der Waals surface area (Å²) < 4.78 is 47.1. The van der Waals surface area contributed by atoms with E-state index in [1.54, 1.807) is 49.6 Å². The van der Waals surface area contributed by atoms with Crippen LogP contribution in [0.3, 0.4) is 0 Å². The Morgan fingerprint density at radius 3 is 2.37 bits per heavy atom. The van der Waals surface area contributed by atoms with Crippen LogP contribution in [0.2, 0.25) is 0 Å². The van der Waals surface area contributed by atoms with Crippen LogP contribution in [0, 0.1) is 18.6 Å².